The Bertz CT molecular complexity index is 485. The number of hydrogen-bond acceptors (Lipinski definition) is 4. The van der Waals surface area contributed by atoms with Crippen molar-refractivity contribution in [1.29, 1.82) is 0 Å². The lowest BCUT2D eigenvalue weighted by molar-refractivity contribution is 0.417. The van der Waals surface area contributed by atoms with E-state index in [2.05, 4.69) is 10.3 Å². The molecule has 0 aliphatic heterocycles. The number of methoxy groups -OCH3 is 1. The molecule has 4 nitrogen and oxygen atoms in total. The number of rotatable bonds is 4. The average molecular weight is 229 g/mol. The minimum absolute atomic E-state index is 0.641. The molecule has 0 saturated heterocycles. The summed E-state index contributed by atoms with van der Waals surface area (Å²) in [6, 6.07) is 9.59. The number of anilines is 2. The largest absolute Gasteiger partial charge is 0.495 e. The van der Waals surface area contributed by atoms with Crippen LogP contribution in [0.1, 0.15) is 5.56 Å². The lowest BCUT2D eigenvalue weighted by Crippen LogP contribution is -2.00. The maximum atomic E-state index is 5.75. The first-order valence-electron chi connectivity index (χ1n) is 5.36. The van der Waals surface area contributed by atoms with Gasteiger partial charge in [0.05, 0.1) is 12.8 Å². The second kappa shape index (κ2) is 5.21. The summed E-state index contributed by atoms with van der Waals surface area (Å²) < 4.78 is 5.16. The maximum Gasteiger partial charge on any atom is 0.143 e. The van der Waals surface area contributed by atoms with Crippen molar-refractivity contribution in [3.8, 4) is 5.75 Å². The molecular formula is C13H15N3O. The van der Waals surface area contributed by atoms with Crippen LogP contribution in [0, 0.1) is 0 Å². The molecule has 3 N–H and O–H groups in total. The zero-order chi connectivity index (χ0) is 12.1. The lowest BCUT2D eigenvalue weighted by Gasteiger charge is -2.09. The lowest BCUT2D eigenvalue weighted by atomic mass is 10.2. The molecule has 0 fully saturated rings. The van der Waals surface area contributed by atoms with Gasteiger partial charge in [0.25, 0.3) is 0 Å². The van der Waals surface area contributed by atoms with Gasteiger partial charge in [0.15, 0.2) is 0 Å². The number of hydrogen-bond donors (Lipinski definition) is 2. The first-order valence-corrected chi connectivity index (χ1v) is 5.36. The fourth-order valence-corrected chi connectivity index (χ4v) is 1.53. The van der Waals surface area contributed by atoms with Gasteiger partial charge in [0.1, 0.15) is 5.75 Å². The number of ether oxygens (including phenoxy) is 1. The number of pyridine rings is 1. The Kier molecular flexibility index (Phi) is 3.45. The predicted molar refractivity (Wildman–Crippen MR) is 69.0 cm³/mol. The van der Waals surface area contributed by atoms with Crippen LogP contribution in [-0.4, -0.2) is 12.1 Å². The third-order valence-electron chi connectivity index (χ3n) is 2.48. The van der Waals surface area contributed by atoms with Gasteiger partial charge in [-0.15, -0.1) is 0 Å². The molecule has 1 aromatic carbocycles. The second-order valence-corrected chi connectivity index (χ2v) is 3.67. The van der Waals surface area contributed by atoms with Gasteiger partial charge >= 0.3 is 0 Å². The monoisotopic (exact) mass is 229 g/mol. The Morgan fingerprint density at radius 2 is 2.00 bits per heavy atom. The molecule has 1 heterocycles. The van der Waals surface area contributed by atoms with Crippen LogP contribution >= 0.6 is 0 Å². The number of benzene rings is 1. The molecule has 0 amide bonds. The summed E-state index contributed by atoms with van der Waals surface area (Å²) in [4.78, 5) is 3.98. The van der Waals surface area contributed by atoms with Crippen molar-refractivity contribution in [2.45, 2.75) is 6.54 Å². The molecular weight excluding hydrogens is 214 g/mol. The average Bonchev–Trinajstić information content (AvgIpc) is 2.39. The summed E-state index contributed by atoms with van der Waals surface area (Å²) in [5.41, 5.74) is 8.54. The van der Waals surface area contributed by atoms with E-state index in [1.54, 1.807) is 19.5 Å². The van der Waals surface area contributed by atoms with E-state index in [1.165, 1.54) is 5.56 Å². The highest BCUT2D eigenvalue weighted by Crippen LogP contribution is 2.25. The standard InChI is InChI=1S/C13H15N3O/c1-17-13-8-11(2-3-12(13)14)16-9-10-4-6-15-7-5-10/h2-8,16H,9,14H2,1H3. The van der Waals surface area contributed by atoms with Crippen LogP contribution in [0.15, 0.2) is 42.7 Å². The normalized spacial score (nSPS) is 9.94. The van der Waals surface area contributed by atoms with E-state index in [1.807, 2.05) is 30.3 Å². The zero-order valence-electron chi connectivity index (χ0n) is 9.68. The van der Waals surface area contributed by atoms with Gasteiger partial charge < -0.3 is 15.8 Å². The van der Waals surface area contributed by atoms with E-state index in [0.717, 1.165) is 12.2 Å². The summed E-state index contributed by atoms with van der Waals surface area (Å²) in [7, 11) is 1.61. The number of nitrogen functional groups attached to an aromatic ring is 1. The smallest absolute Gasteiger partial charge is 0.143 e. The summed E-state index contributed by atoms with van der Waals surface area (Å²) in [6.07, 6.45) is 3.56. The Labute approximate surface area is 100 Å². The van der Waals surface area contributed by atoms with Gasteiger partial charge in [0.2, 0.25) is 0 Å². The number of nitrogens with one attached hydrogen (secondary N) is 1. The van der Waals surface area contributed by atoms with E-state index in [4.69, 9.17) is 10.5 Å². The molecule has 2 rings (SSSR count). The minimum atomic E-state index is 0.641. The van der Waals surface area contributed by atoms with Gasteiger partial charge in [0, 0.05) is 30.7 Å². The second-order valence-electron chi connectivity index (χ2n) is 3.67. The highest BCUT2D eigenvalue weighted by Gasteiger charge is 2.00. The Hall–Kier alpha value is -2.23. The van der Waals surface area contributed by atoms with Crippen molar-refractivity contribution in [3.05, 3.63) is 48.3 Å². The Morgan fingerprint density at radius 3 is 2.71 bits per heavy atom. The van der Waals surface area contributed by atoms with Crippen molar-refractivity contribution in [2.24, 2.45) is 0 Å². The van der Waals surface area contributed by atoms with E-state index >= 15 is 0 Å². The van der Waals surface area contributed by atoms with Gasteiger partial charge in [-0.25, -0.2) is 0 Å². The van der Waals surface area contributed by atoms with Crippen molar-refractivity contribution >= 4 is 11.4 Å². The molecule has 0 radical (unpaired) electrons. The molecule has 1 aromatic heterocycles. The summed E-state index contributed by atoms with van der Waals surface area (Å²) in [6.45, 7) is 0.746. The molecule has 0 atom stereocenters. The first-order chi connectivity index (χ1) is 8.29. The number of nitrogens with zero attached hydrogens (tertiary/aromatic N) is 1. The highest BCUT2D eigenvalue weighted by molar-refractivity contribution is 5.61. The molecule has 0 aliphatic carbocycles. The molecule has 0 unspecified atom stereocenters. The summed E-state index contributed by atoms with van der Waals surface area (Å²) in [5, 5.41) is 3.30. The molecule has 88 valence electrons. The molecule has 0 bridgehead atoms. The first kappa shape index (κ1) is 11.3. The van der Waals surface area contributed by atoms with Gasteiger partial charge in [-0.05, 0) is 29.8 Å². The quantitative estimate of drug-likeness (QED) is 0.790. The Balaban J connectivity index is 2.04. The van der Waals surface area contributed by atoms with Crippen molar-refractivity contribution < 1.29 is 4.74 Å². The number of nitrogens with two attached hydrogens (primary N) is 1. The summed E-state index contributed by atoms with van der Waals surface area (Å²) in [5.74, 6) is 0.685. The van der Waals surface area contributed by atoms with Crippen LogP contribution in [0.4, 0.5) is 11.4 Å². The minimum Gasteiger partial charge on any atom is -0.495 e. The molecule has 4 heteroatoms. The predicted octanol–water partition coefficient (Wildman–Crippen LogP) is 2.28. The number of aromatic nitrogens is 1. The third-order valence-corrected chi connectivity index (χ3v) is 2.48. The van der Waals surface area contributed by atoms with Gasteiger partial charge in [-0.1, -0.05) is 0 Å². The Morgan fingerprint density at radius 1 is 1.24 bits per heavy atom. The molecule has 0 saturated carbocycles. The topological polar surface area (TPSA) is 60.2 Å². The molecule has 0 aliphatic rings. The van der Waals surface area contributed by atoms with Crippen LogP contribution < -0.4 is 15.8 Å². The SMILES string of the molecule is COc1cc(NCc2ccncc2)ccc1N. The van der Waals surface area contributed by atoms with Crippen LogP contribution in [0.2, 0.25) is 0 Å². The molecule has 0 spiro atoms. The molecule has 2 aromatic rings. The van der Waals surface area contributed by atoms with Crippen molar-refractivity contribution in [1.82, 2.24) is 4.98 Å². The summed E-state index contributed by atoms with van der Waals surface area (Å²) >= 11 is 0. The van der Waals surface area contributed by atoms with E-state index in [-0.39, 0.29) is 0 Å². The van der Waals surface area contributed by atoms with Gasteiger partial charge in [-0.3, -0.25) is 4.98 Å². The van der Waals surface area contributed by atoms with Gasteiger partial charge in [-0.2, -0.15) is 0 Å². The van der Waals surface area contributed by atoms with E-state index in [9.17, 15) is 0 Å². The fourth-order valence-electron chi connectivity index (χ4n) is 1.53. The van der Waals surface area contributed by atoms with Crippen LogP contribution in [0.25, 0.3) is 0 Å². The van der Waals surface area contributed by atoms with Crippen molar-refractivity contribution in [2.75, 3.05) is 18.2 Å². The molecule has 17 heavy (non-hydrogen) atoms. The maximum absolute atomic E-state index is 5.75. The van der Waals surface area contributed by atoms with E-state index in [0.29, 0.717) is 11.4 Å². The van der Waals surface area contributed by atoms with Crippen LogP contribution in [0.3, 0.4) is 0 Å². The third kappa shape index (κ3) is 2.87. The fraction of sp³-hybridized carbons (Fsp3) is 0.154. The zero-order valence-corrected chi connectivity index (χ0v) is 9.68. The van der Waals surface area contributed by atoms with E-state index < -0.39 is 0 Å². The highest BCUT2D eigenvalue weighted by atomic mass is 16.5. The van der Waals surface area contributed by atoms with Crippen LogP contribution in [-0.2, 0) is 6.54 Å². The van der Waals surface area contributed by atoms with Crippen LogP contribution in [0.5, 0.6) is 5.75 Å². The van der Waals surface area contributed by atoms with Crippen molar-refractivity contribution in [3.63, 3.8) is 0 Å².